The van der Waals surface area contributed by atoms with Crippen LogP contribution in [-0.2, 0) is 170 Å². The lowest BCUT2D eigenvalue weighted by Gasteiger charge is -2.45. The smallest absolute Gasteiger partial charge is 0.436 e. The molecular formula is C81H226O39Si23. The van der Waals surface area contributed by atoms with Crippen molar-refractivity contribution < 1.29 is 170 Å². The Morgan fingerprint density at radius 3 is 0.594 bits per heavy atom. The van der Waals surface area contributed by atoms with Crippen molar-refractivity contribution in [3.05, 3.63) is 24.6 Å². The third-order valence-corrected chi connectivity index (χ3v) is 94.6. The van der Waals surface area contributed by atoms with E-state index in [9.17, 15) is 0 Å². The average molecular weight is 2470 g/mol. The van der Waals surface area contributed by atoms with Crippen LogP contribution in [0, 0.1) is 11.8 Å². The molecule has 4 atom stereocenters. The summed E-state index contributed by atoms with van der Waals surface area (Å²) in [5.74, 6) is 1.33. The molecule has 0 spiro atoms. The molecule has 143 heavy (non-hydrogen) atoms. The first-order chi connectivity index (χ1) is 64.5. The molecule has 0 radical (unpaired) electrons. The van der Waals surface area contributed by atoms with E-state index in [0.717, 1.165) is 48.9 Å². The molecule has 0 saturated carbocycles. The predicted octanol–water partition coefficient (Wildman–Crippen LogP) is 20.1. The zero-order valence-corrected chi connectivity index (χ0v) is 127. The van der Waals surface area contributed by atoms with E-state index in [1.54, 1.807) is 224 Å². The Kier molecular flexibility index (Phi) is 94.9. The van der Waals surface area contributed by atoms with Gasteiger partial charge in [0.05, 0.1) is 0 Å². The topological polar surface area (TPSA) is 360 Å². The van der Waals surface area contributed by atoms with E-state index in [1.807, 2.05) is 105 Å². The maximum atomic E-state index is 6.05. The molecule has 2 heterocycles. The van der Waals surface area contributed by atoms with Crippen LogP contribution in [0.5, 0.6) is 0 Å². The fourth-order valence-corrected chi connectivity index (χ4v) is 75.2. The van der Waals surface area contributed by atoms with Crippen molar-refractivity contribution in [3.8, 4) is 0 Å². The highest BCUT2D eigenvalue weighted by molar-refractivity contribution is 6.91. The number of hydrogen-bond acceptors (Lipinski definition) is 39. The van der Waals surface area contributed by atoms with Crippen molar-refractivity contribution in [2.75, 3.05) is 206 Å². The van der Waals surface area contributed by atoms with Gasteiger partial charge in [0.1, 0.15) is 0 Å². The zero-order chi connectivity index (χ0) is 116. The molecule has 876 valence electrons. The van der Waals surface area contributed by atoms with E-state index < -0.39 is 198 Å². The highest BCUT2D eigenvalue weighted by Gasteiger charge is 2.61. The van der Waals surface area contributed by atoms with E-state index in [4.69, 9.17) is 170 Å². The summed E-state index contributed by atoms with van der Waals surface area (Å²) < 4.78 is 213. The van der Waals surface area contributed by atoms with E-state index in [2.05, 4.69) is 153 Å². The van der Waals surface area contributed by atoms with Gasteiger partial charge in [0.15, 0.2) is 34.0 Å². The SMILES string of the molecule is C=C[Si](C)(OC)OC.C=C[Si](C)(OC)OC.CCC[Si](C)(OC)OC.CCO[SiH](C)C.CO[Si](C)(C)C.CO[Si](C)(C)C[Si](C)(OC)OC.CO[Si](C)(C)O[Si](C)(C)C.CO[Si](C)(C)O[Si](C)(OC)OC.CO[Si](C)(CC(C)C)OC.CO[Si](C)(CC(C)C)OC.CO[Si](C)(CC[Si](C)(OC)OC)OC.CO[Si]1(C)O[Si](C)(C)O[Si](C)(OC)O[Si](C)(OC)O1.CO[Si]1(C)O[Si](C)(C)O[Si](C)(OC)O[Si](C)(OC)O1. The molecule has 0 bridgehead atoms. The Labute approximate surface area is 902 Å². The molecule has 4 unspecified atom stereocenters. The summed E-state index contributed by atoms with van der Waals surface area (Å²) in [6.07, 6.45) is 1.14. The first-order valence-corrected chi connectivity index (χ1v) is 107. The van der Waals surface area contributed by atoms with Gasteiger partial charge in [-0.3, -0.25) is 0 Å². The van der Waals surface area contributed by atoms with Crippen molar-refractivity contribution in [1.29, 1.82) is 0 Å². The normalized spacial score (nSPS) is 20.8. The summed E-state index contributed by atoms with van der Waals surface area (Å²) in [5.41, 5.74) is 4.46. The Hall–Kier alpha value is 2.91. The van der Waals surface area contributed by atoms with Gasteiger partial charge in [-0.2, -0.15) is 0 Å². The minimum atomic E-state index is -2.92. The number of hydrogen-bond donors (Lipinski definition) is 0. The summed E-state index contributed by atoms with van der Waals surface area (Å²) in [5, 5.41) is 0. The standard InChI is InChI=1S/2C8H24O7Si4.C8H22O4Si2.C7H20O3Si2.2C7H18O2Si.C6H18O4Si2.C6H18O2Si2.C6H16O2Si.2C5H12O2Si.2C4H12OSi/c2*1-9-17(6)12-16(4,5)13-18(7,10-2)15-19(8,11-3)14-17;1-9-13(5,10-2)7-8-14(6,11-3)12-4;1-8-11(4,5)7-12(6,9-2)10-3;2*1-7(2)6-10(5,8-3)9-4;1-7-11(4,5)10-12(6,8-2)9-3;1-7-10(5,6)8-9(2,3)4;1-5-6-9(4,7-2)8-3;2*1-5-8(4,6-2)7-3;1-5-6(2,3)4;1-4-5-6(2)3/h2*1-8H3;7-8H2,1-6H3;7H2,1-6H3;2*7H,6H2,1-5H3;1-6H3;1-6H3;5-6H2,1-4H3;2*5H,1H2,2-4H3;1-4H3;6H,4H2,1-3H3. The van der Waals surface area contributed by atoms with Crippen molar-refractivity contribution in [2.24, 2.45) is 11.8 Å². The van der Waals surface area contributed by atoms with E-state index in [-0.39, 0.29) is 0 Å². The van der Waals surface area contributed by atoms with E-state index in [1.165, 1.54) is 0 Å². The molecule has 2 aliphatic heterocycles. The van der Waals surface area contributed by atoms with Crippen LogP contribution in [0.2, 0.25) is 252 Å². The molecule has 0 N–H and O–H groups in total. The van der Waals surface area contributed by atoms with Gasteiger partial charge < -0.3 is 170 Å². The van der Waals surface area contributed by atoms with Crippen molar-refractivity contribution >= 4 is 198 Å². The fraction of sp³-hybridized carbons (Fsp3) is 0.951. The molecule has 0 aliphatic carbocycles. The largest absolute Gasteiger partial charge is 0.488 e. The molecule has 0 aromatic heterocycles. The summed E-state index contributed by atoms with van der Waals surface area (Å²) in [7, 11) is -1.34. The monoisotopic (exact) mass is 2470 g/mol. The Morgan fingerprint density at radius 1 is 0.266 bits per heavy atom. The molecule has 0 amide bonds. The van der Waals surface area contributed by atoms with Crippen molar-refractivity contribution in [2.45, 2.75) is 300 Å². The van der Waals surface area contributed by atoms with Gasteiger partial charge in [-0.1, -0.05) is 41.0 Å². The van der Waals surface area contributed by atoms with Gasteiger partial charge in [-0.25, -0.2) is 0 Å². The van der Waals surface area contributed by atoms with Gasteiger partial charge in [0.2, 0.25) is 0 Å². The molecule has 2 rings (SSSR count). The van der Waals surface area contributed by atoms with Crippen LogP contribution < -0.4 is 0 Å². The third-order valence-electron chi connectivity index (χ3n) is 21.4. The van der Waals surface area contributed by atoms with Gasteiger partial charge in [0, 0.05) is 257 Å². The van der Waals surface area contributed by atoms with E-state index in [0.29, 0.717) is 11.8 Å². The Morgan fingerprint density at radius 2 is 0.483 bits per heavy atom. The van der Waals surface area contributed by atoms with Gasteiger partial charge in [0.25, 0.3) is 0 Å². The first kappa shape index (κ1) is 168. The van der Waals surface area contributed by atoms with Crippen LogP contribution in [-0.4, -0.2) is 404 Å². The van der Waals surface area contributed by atoms with Crippen molar-refractivity contribution in [1.82, 2.24) is 0 Å². The maximum Gasteiger partial charge on any atom is 0.488 e. The van der Waals surface area contributed by atoms with E-state index >= 15 is 0 Å². The van der Waals surface area contributed by atoms with Crippen molar-refractivity contribution in [3.63, 3.8) is 0 Å². The highest BCUT2D eigenvalue weighted by atomic mass is 28.6. The first-order valence-electron chi connectivity index (χ1n) is 47.8. The molecule has 0 aromatic rings. The zero-order valence-electron chi connectivity index (χ0n) is 104. The molecule has 2 saturated heterocycles. The number of rotatable bonds is 47. The van der Waals surface area contributed by atoms with Gasteiger partial charge in [-0.05, 0) is 231 Å². The van der Waals surface area contributed by atoms with Crippen LogP contribution in [0.3, 0.4) is 0 Å². The highest BCUT2D eigenvalue weighted by Crippen LogP contribution is 2.35. The minimum absolute atomic E-state index is 0.663. The van der Waals surface area contributed by atoms with Crippen LogP contribution in [0.4, 0.5) is 0 Å². The quantitative estimate of drug-likeness (QED) is 0.0511. The second-order valence-electron chi connectivity index (χ2n) is 39.7. The second kappa shape index (κ2) is 80.6. The Balaban J connectivity index is -0.000000149. The molecule has 0 aromatic carbocycles. The van der Waals surface area contributed by atoms with Crippen LogP contribution in [0.25, 0.3) is 0 Å². The lowest BCUT2D eigenvalue weighted by atomic mass is 10.3. The minimum Gasteiger partial charge on any atom is -0.436 e. The summed E-state index contributed by atoms with van der Waals surface area (Å²) >= 11 is 0. The fourth-order valence-electron chi connectivity index (χ4n) is 10.9. The molecule has 39 nitrogen and oxygen atoms in total. The lowest BCUT2D eigenvalue weighted by Crippen LogP contribution is -2.68. The second-order valence-corrected chi connectivity index (χ2v) is 119. The summed E-state index contributed by atoms with van der Waals surface area (Å²) in [6, 6.07) is 5.04. The van der Waals surface area contributed by atoms with Gasteiger partial charge in [-0.15, -0.1) is 13.2 Å². The maximum absolute atomic E-state index is 6.05. The van der Waals surface area contributed by atoms with Crippen LogP contribution in [0.15, 0.2) is 24.6 Å². The average Bonchev–Trinajstić information content (AvgIpc) is 0.777. The lowest BCUT2D eigenvalue weighted by molar-refractivity contribution is 0.0725. The summed E-state index contributed by atoms with van der Waals surface area (Å²) in [4.78, 5) is 0. The Bertz CT molecular complexity index is 2840. The summed E-state index contributed by atoms with van der Waals surface area (Å²) in [6.45, 7) is 87.4. The molecule has 2 fully saturated rings. The molecule has 62 heteroatoms. The molecule has 2 aliphatic rings. The van der Waals surface area contributed by atoms with Crippen LogP contribution in [0.1, 0.15) is 48.0 Å². The third kappa shape index (κ3) is 88.5. The molecular weight excluding hydrogens is 2240 g/mol. The van der Waals surface area contributed by atoms with Crippen LogP contribution >= 0.6 is 0 Å². The predicted molar refractivity (Wildman–Crippen MR) is 635 cm³/mol. The van der Waals surface area contributed by atoms with Gasteiger partial charge >= 0.3 is 164 Å².